The number of fused-ring (bicyclic) bond motifs is 1. The van der Waals surface area contributed by atoms with Gasteiger partial charge in [-0.2, -0.15) is 0 Å². The van der Waals surface area contributed by atoms with Crippen LogP contribution in [0.5, 0.6) is 17.2 Å². The van der Waals surface area contributed by atoms with Crippen molar-refractivity contribution >= 4 is 28.4 Å². The number of piperazine rings is 1. The number of rotatable bonds is 9. The smallest absolute Gasteiger partial charge is 0.321 e. The highest BCUT2D eigenvalue weighted by atomic mass is 16.5. The Morgan fingerprint density at radius 1 is 1.07 bits per heavy atom. The largest absolute Gasteiger partial charge is 0.493 e. The molecule has 1 unspecified atom stereocenters. The van der Waals surface area contributed by atoms with Crippen LogP contribution in [0.4, 0.5) is 16.3 Å². The third kappa shape index (κ3) is 6.85. The van der Waals surface area contributed by atoms with Gasteiger partial charge in [0.2, 0.25) is 0 Å². The highest BCUT2D eigenvalue weighted by Crippen LogP contribution is 2.35. The van der Waals surface area contributed by atoms with Crippen LogP contribution < -0.4 is 29.7 Å². The topological polar surface area (TPSA) is 101 Å². The molecule has 1 atom stereocenters. The summed E-state index contributed by atoms with van der Waals surface area (Å²) in [6.45, 7) is 8.17. The van der Waals surface area contributed by atoms with Gasteiger partial charge in [-0.3, -0.25) is 0 Å². The molecule has 5 rings (SSSR count). The molecule has 40 heavy (non-hydrogen) atoms. The quantitative estimate of drug-likeness (QED) is 0.397. The minimum atomic E-state index is -0.114. The molecular formula is C30H40N6O4. The number of nitrogens with one attached hydrogen (secondary N) is 2. The summed E-state index contributed by atoms with van der Waals surface area (Å²) in [7, 11) is 1.66. The van der Waals surface area contributed by atoms with Crippen molar-refractivity contribution in [2.75, 3.05) is 56.7 Å². The van der Waals surface area contributed by atoms with Gasteiger partial charge in [0.15, 0.2) is 11.5 Å². The van der Waals surface area contributed by atoms with Crippen LogP contribution in [0.3, 0.4) is 0 Å². The molecular weight excluding hydrogens is 508 g/mol. The minimum Gasteiger partial charge on any atom is -0.493 e. The maximum Gasteiger partial charge on any atom is 0.321 e. The van der Waals surface area contributed by atoms with Crippen LogP contribution in [0.2, 0.25) is 0 Å². The van der Waals surface area contributed by atoms with Crippen LogP contribution in [0.15, 0.2) is 42.7 Å². The van der Waals surface area contributed by atoms with Gasteiger partial charge in [-0.05, 0) is 70.0 Å². The van der Waals surface area contributed by atoms with E-state index in [2.05, 4.69) is 25.5 Å². The molecule has 2 aromatic carbocycles. The molecule has 10 nitrogen and oxygen atoms in total. The molecule has 3 heterocycles. The number of benzene rings is 2. The summed E-state index contributed by atoms with van der Waals surface area (Å²) in [6, 6.07) is 11.8. The number of hydrogen-bond acceptors (Lipinski definition) is 8. The Morgan fingerprint density at radius 2 is 1.88 bits per heavy atom. The van der Waals surface area contributed by atoms with Crippen LogP contribution >= 0.6 is 0 Å². The molecule has 2 aliphatic rings. The number of hydrogen-bond donors (Lipinski definition) is 2. The summed E-state index contributed by atoms with van der Waals surface area (Å²) in [5, 5.41) is 7.46. The molecule has 0 bridgehead atoms. The van der Waals surface area contributed by atoms with Gasteiger partial charge >= 0.3 is 6.03 Å². The Bertz CT molecular complexity index is 1270. The fourth-order valence-electron chi connectivity index (χ4n) is 5.27. The average molecular weight is 549 g/mol. The lowest BCUT2D eigenvalue weighted by atomic mass is 10.0. The second kappa shape index (κ2) is 13.0. The number of methoxy groups -OCH3 is 1. The second-order valence-corrected chi connectivity index (χ2v) is 10.6. The second-order valence-electron chi connectivity index (χ2n) is 10.6. The first-order chi connectivity index (χ1) is 19.5. The van der Waals surface area contributed by atoms with Crippen molar-refractivity contribution in [1.82, 2.24) is 20.2 Å². The number of ether oxygens (including phenoxy) is 3. The molecule has 0 spiro atoms. The summed E-state index contributed by atoms with van der Waals surface area (Å²) < 4.78 is 17.5. The molecule has 214 valence electrons. The molecule has 2 amide bonds. The molecule has 1 aromatic heterocycles. The molecule has 3 aromatic rings. The third-order valence-electron chi connectivity index (χ3n) is 7.38. The number of carbonyl (C=O) groups excluding carboxylic acids is 1. The van der Waals surface area contributed by atoms with E-state index in [1.807, 2.05) is 55.1 Å². The molecule has 0 saturated carbocycles. The summed E-state index contributed by atoms with van der Waals surface area (Å²) in [6.07, 6.45) is 6.39. The van der Waals surface area contributed by atoms with Crippen LogP contribution in [0.1, 0.15) is 39.5 Å². The Morgan fingerprint density at radius 3 is 2.58 bits per heavy atom. The summed E-state index contributed by atoms with van der Waals surface area (Å²) in [5.41, 5.74) is 1.55. The normalized spacial score (nSPS) is 17.6. The van der Waals surface area contributed by atoms with Gasteiger partial charge in [-0.1, -0.05) is 6.42 Å². The average Bonchev–Trinajstić information content (AvgIpc) is 2.98. The lowest BCUT2D eigenvalue weighted by Gasteiger charge is -2.35. The van der Waals surface area contributed by atoms with E-state index in [0.717, 1.165) is 41.1 Å². The zero-order valence-electron chi connectivity index (χ0n) is 23.7. The molecule has 2 fully saturated rings. The van der Waals surface area contributed by atoms with Gasteiger partial charge in [-0.25, -0.2) is 14.8 Å². The van der Waals surface area contributed by atoms with Crippen molar-refractivity contribution in [2.24, 2.45) is 0 Å². The molecule has 0 aliphatic carbocycles. The van der Waals surface area contributed by atoms with Crippen LogP contribution in [0, 0.1) is 0 Å². The van der Waals surface area contributed by atoms with E-state index in [1.54, 1.807) is 13.4 Å². The van der Waals surface area contributed by atoms with E-state index in [-0.39, 0.29) is 12.1 Å². The van der Waals surface area contributed by atoms with Gasteiger partial charge in [0, 0.05) is 49.4 Å². The Balaban J connectivity index is 1.20. The lowest BCUT2D eigenvalue weighted by molar-refractivity contribution is 0.208. The summed E-state index contributed by atoms with van der Waals surface area (Å²) >= 11 is 0. The van der Waals surface area contributed by atoms with Crippen molar-refractivity contribution in [2.45, 2.75) is 51.7 Å². The lowest BCUT2D eigenvalue weighted by Crippen LogP contribution is -2.50. The molecule has 2 N–H and O–H groups in total. The van der Waals surface area contributed by atoms with Gasteiger partial charge in [-0.15, -0.1) is 0 Å². The number of nitrogens with zero attached hydrogens (tertiary/aromatic N) is 4. The highest BCUT2D eigenvalue weighted by molar-refractivity contribution is 5.92. The number of piperidine rings is 1. The number of aromatic nitrogens is 2. The van der Waals surface area contributed by atoms with Crippen LogP contribution in [-0.2, 0) is 0 Å². The number of carbonyl (C=O) groups is 1. The predicted molar refractivity (Wildman–Crippen MR) is 157 cm³/mol. The van der Waals surface area contributed by atoms with Gasteiger partial charge in [0.1, 0.15) is 17.9 Å². The monoisotopic (exact) mass is 548 g/mol. The van der Waals surface area contributed by atoms with E-state index < -0.39 is 0 Å². The molecule has 2 aliphatic heterocycles. The maximum absolute atomic E-state index is 12.9. The maximum atomic E-state index is 12.9. The summed E-state index contributed by atoms with van der Waals surface area (Å²) in [5.74, 6) is 2.98. The predicted octanol–water partition coefficient (Wildman–Crippen LogP) is 4.69. The minimum absolute atomic E-state index is 0.105. The van der Waals surface area contributed by atoms with E-state index in [0.29, 0.717) is 50.3 Å². The molecule has 10 heteroatoms. The summed E-state index contributed by atoms with van der Waals surface area (Å²) in [4.78, 5) is 26.0. The van der Waals surface area contributed by atoms with Crippen molar-refractivity contribution in [1.29, 1.82) is 0 Å². The van der Waals surface area contributed by atoms with E-state index in [9.17, 15) is 4.79 Å². The van der Waals surface area contributed by atoms with E-state index in [1.165, 1.54) is 19.3 Å². The fraction of sp³-hybridized carbons (Fsp3) is 0.500. The molecule has 2 saturated heterocycles. The first-order valence-electron chi connectivity index (χ1n) is 14.3. The highest BCUT2D eigenvalue weighted by Gasteiger charge is 2.24. The standard InChI is InChI=1S/C30H40N6O4/c1-21(2)40-24-9-7-23(8-10-24)34-30(37)36-15-13-35(14-16-36)29-25-18-27(38-3)28(19-26(25)32-20-33-29)39-17-11-22-6-4-5-12-31-22/h7-10,18-22,31H,4-6,11-17H2,1-3H3,(H,34,37). The van der Waals surface area contributed by atoms with Crippen molar-refractivity contribution in [3.8, 4) is 17.2 Å². The van der Waals surface area contributed by atoms with Crippen LogP contribution in [0.25, 0.3) is 10.9 Å². The van der Waals surface area contributed by atoms with E-state index >= 15 is 0 Å². The Kier molecular flexibility index (Phi) is 9.05. The number of anilines is 2. The van der Waals surface area contributed by atoms with Crippen LogP contribution in [-0.4, -0.2) is 79.5 Å². The fourth-order valence-corrected chi connectivity index (χ4v) is 5.27. The van der Waals surface area contributed by atoms with Crippen molar-refractivity contribution in [3.05, 3.63) is 42.7 Å². The van der Waals surface area contributed by atoms with Gasteiger partial charge in [0.05, 0.1) is 25.3 Å². The Labute approximate surface area is 236 Å². The third-order valence-corrected chi connectivity index (χ3v) is 7.38. The number of urea groups is 1. The zero-order chi connectivity index (χ0) is 27.9. The number of amides is 2. The molecule has 0 radical (unpaired) electrons. The van der Waals surface area contributed by atoms with Gasteiger partial charge < -0.3 is 34.6 Å². The van der Waals surface area contributed by atoms with Crippen molar-refractivity contribution in [3.63, 3.8) is 0 Å². The first-order valence-corrected chi connectivity index (χ1v) is 14.3. The first kappa shape index (κ1) is 27.8. The van der Waals surface area contributed by atoms with Crippen molar-refractivity contribution < 1.29 is 19.0 Å². The van der Waals surface area contributed by atoms with E-state index in [4.69, 9.17) is 14.2 Å². The van der Waals surface area contributed by atoms with Gasteiger partial charge in [0.25, 0.3) is 0 Å². The Hall–Kier alpha value is -3.79. The zero-order valence-corrected chi connectivity index (χ0v) is 23.7. The SMILES string of the molecule is COc1cc2c(N3CCN(C(=O)Nc4ccc(OC(C)C)cc4)CC3)ncnc2cc1OCCC1CCCCN1.